The minimum absolute atomic E-state index is 1.08. The lowest BCUT2D eigenvalue weighted by atomic mass is 10.2. The zero-order valence-electron chi connectivity index (χ0n) is 7.99. The van der Waals surface area contributed by atoms with Crippen LogP contribution in [0.2, 0.25) is 0 Å². The first-order valence-electron chi connectivity index (χ1n) is 4.11. The van der Waals surface area contributed by atoms with Gasteiger partial charge in [0.15, 0.2) is 0 Å². The highest BCUT2D eigenvalue weighted by Crippen LogP contribution is 2.20. The number of halogens is 2. The first-order valence-corrected chi connectivity index (χ1v) is 6.20. The van der Waals surface area contributed by atoms with Crippen molar-refractivity contribution in [3.63, 3.8) is 0 Å². The number of hydrogen-bond acceptors (Lipinski definition) is 0. The monoisotopic (exact) mass is 322 g/mol. The molecule has 0 spiro atoms. The van der Waals surface area contributed by atoms with E-state index in [1.165, 1.54) is 5.56 Å². The Hall–Kier alpha value is 0.350. The maximum Gasteiger partial charge on any atom is 0.0192 e. The average Bonchev–Trinajstić information content (AvgIpc) is 2.06. The van der Waals surface area contributed by atoms with Gasteiger partial charge in [-0.3, -0.25) is 0 Å². The highest BCUT2D eigenvalue weighted by Gasteiger charge is 1.97. The van der Waals surface area contributed by atoms with Crippen LogP contribution in [0.15, 0.2) is 27.1 Å². The molecule has 0 radical (unpaired) electrons. The van der Waals surface area contributed by atoms with E-state index in [0.717, 1.165) is 14.2 Å². The van der Waals surface area contributed by atoms with Gasteiger partial charge in [-0.05, 0) is 36.0 Å². The van der Waals surface area contributed by atoms with Crippen LogP contribution in [0.1, 0.15) is 26.3 Å². The van der Waals surface area contributed by atoms with Crippen molar-refractivity contribution < 1.29 is 0 Å². The molecule has 72 valence electrons. The first kappa shape index (κ1) is 13.4. The van der Waals surface area contributed by atoms with Crippen molar-refractivity contribution in [2.75, 3.05) is 0 Å². The molecular weight excluding hydrogens is 311 g/mol. The van der Waals surface area contributed by atoms with Crippen LogP contribution in [-0.2, 0) is 0 Å². The predicted octanol–water partition coefficient (Wildman–Crippen LogP) is 4.92. The molecule has 0 atom stereocenters. The minimum Gasteiger partial charge on any atom is -0.118 e. The molecule has 1 aromatic rings. The van der Waals surface area contributed by atoms with E-state index in [-0.39, 0.29) is 0 Å². The summed E-state index contributed by atoms with van der Waals surface area (Å²) in [5.74, 6) is 0. The quantitative estimate of drug-likeness (QED) is 0.643. The summed E-state index contributed by atoms with van der Waals surface area (Å²) >= 11 is 6.83. The molecule has 0 heterocycles. The molecule has 0 aliphatic carbocycles. The third kappa shape index (κ3) is 4.95. The van der Waals surface area contributed by atoms with Crippen LogP contribution in [0.3, 0.4) is 0 Å². The Labute approximate surface area is 99.2 Å². The molecule has 0 saturated heterocycles. The highest BCUT2D eigenvalue weighted by molar-refractivity contribution is 9.11. The second kappa shape index (κ2) is 6.75. The van der Waals surface area contributed by atoms with E-state index >= 15 is 0 Å². The topological polar surface area (TPSA) is 0 Å². The molecule has 0 nitrogen and oxygen atoms in total. The maximum absolute atomic E-state index is 3.47. The Bertz CT molecular complexity index is 275. The zero-order valence-corrected chi connectivity index (χ0v) is 12.2. The summed E-state index contributed by atoms with van der Waals surface area (Å²) in [5.41, 5.74) is 1.18. The van der Waals surface area contributed by atoms with Gasteiger partial charge >= 0.3 is 0 Å². The molecule has 0 fully saturated rings. The van der Waals surface area contributed by atoms with Crippen molar-refractivity contribution in [2.24, 2.45) is 0 Å². The van der Waals surface area contributed by atoms with Crippen LogP contribution in [0.4, 0.5) is 0 Å². The van der Waals surface area contributed by atoms with Crippen molar-refractivity contribution >= 4 is 46.0 Å². The SMILES string of the molecule is CC.CC(=P)c1cc(Br)cc(Br)c1. The smallest absolute Gasteiger partial charge is 0.0192 e. The van der Waals surface area contributed by atoms with Gasteiger partial charge in [0.1, 0.15) is 0 Å². The molecule has 3 heteroatoms. The second-order valence-corrected chi connectivity index (χ2v) is 4.86. The fourth-order valence-corrected chi connectivity index (χ4v) is 2.21. The highest BCUT2D eigenvalue weighted by atomic mass is 79.9. The lowest BCUT2D eigenvalue weighted by molar-refractivity contribution is 1.50. The standard InChI is InChI=1S/C8H7Br2P.C2H6/c1-5(11)6-2-7(9)4-8(10)3-6;1-2/h2-4,11H,1H3;1-2H3. The van der Waals surface area contributed by atoms with E-state index in [1.54, 1.807) is 0 Å². The lowest BCUT2D eigenvalue weighted by Crippen LogP contribution is -1.88. The molecule has 0 aliphatic heterocycles. The average molecular weight is 324 g/mol. The normalized spacial score (nSPS) is 8.69. The van der Waals surface area contributed by atoms with Gasteiger partial charge in [0, 0.05) is 8.95 Å². The number of rotatable bonds is 1. The number of benzene rings is 1. The van der Waals surface area contributed by atoms with Gasteiger partial charge in [0.05, 0.1) is 0 Å². The van der Waals surface area contributed by atoms with Crippen LogP contribution < -0.4 is 0 Å². The van der Waals surface area contributed by atoms with E-state index in [9.17, 15) is 0 Å². The van der Waals surface area contributed by atoms with E-state index in [0.29, 0.717) is 0 Å². The summed E-state index contributed by atoms with van der Waals surface area (Å²) in [5, 5.41) is 1.13. The van der Waals surface area contributed by atoms with Crippen molar-refractivity contribution in [2.45, 2.75) is 20.8 Å². The van der Waals surface area contributed by atoms with E-state index in [1.807, 2.05) is 26.8 Å². The van der Waals surface area contributed by atoms with Gasteiger partial charge in [-0.25, -0.2) is 0 Å². The van der Waals surface area contributed by atoms with Crippen molar-refractivity contribution in [3.8, 4) is 0 Å². The Morgan fingerprint density at radius 2 is 1.46 bits per heavy atom. The van der Waals surface area contributed by atoms with Gasteiger partial charge in [-0.15, -0.1) is 8.86 Å². The van der Waals surface area contributed by atoms with Crippen LogP contribution in [-0.4, -0.2) is 5.29 Å². The van der Waals surface area contributed by atoms with Crippen molar-refractivity contribution in [1.82, 2.24) is 0 Å². The van der Waals surface area contributed by atoms with Gasteiger partial charge in [-0.1, -0.05) is 45.7 Å². The maximum atomic E-state index is 3.47. The third-order valence-corrected chi connectivity index (χ3v) is 2.50. The molecule has 1 aromatic carbocycles. The van der Waals surface area contributed by atoms with Gasteiger partial charge in [0.2, 0.25) is 0 Å². The lowest BCUT2D eigenvalue weighted by Gasteiger charge is -2.00. The van der Waals surface area contributed by atoms with Gasteiger partial charge in [-0.2, -0.15) is 0 Å². The molecule has 0 aromatic heterocycles. The summed E-state index contributed by atoms with van der Waals surface area (Å²) in [6, 6.07) is 6.14. The molecule has 0 bridgehead atoms. The van der Waals surface area contributed by atoms with Gasteiger partial charge < -0.3 is 0 Å². The van der Waals surface area contributed by atoms with Crippen LogP contribution >= 0.6 is 40.7 Å². The fraction of sp³-hybridized carbons (Fsp3) is 0.300. The zero-order chi connectivity index (χ0) is 10.4. The molecule has 13 heavy (non-hydrogen) atoms. The minimum atomic E-state index is 1.08. The Morgan fingerprint density at radius 3 is 1.77 bits per heavy atom. The summed E-state index contributed by atoms with van der Waals surface area (Å²) in [7, 11) is 3.47. The summed E-state index contributed by atoms with van der Waals surface area (Å²) in [4.78, 5) is 0. The molecule has 0 N–H and O–H groups in total. The summed E-state index contributed by atoms with van der Waals surface area (Å²) < 4.78 is 2.17. The molecule has 0 amide bonds. The third-order valence-electron chi connectivity index (χ3n) is 1.30. The van der Waals surface area contributed by atoms with E-state index in [4.69, 9.17) is 0 Å². The largest absolute Gasteiger partial charge is 0.118 e. The molecule has 1 rings (SSSR count). The number of hydrogen-bond donors (Lipinski definition) is 0. The van der Waals surface area contributed by atoms with Crippen LogP contribution in [0.25, 0.3) is 0 Å². The second-order valence-electron chi connectivity index (χ2n) is 2.28. The van der Waals surface area contributed by atoms with Crippen molar-refractivity contribution in [1.29, 1.82) is 0 Å². The predicted molar refractivity (Wildman–Crippen MR) is 71.3 cm³/mol. The van der Waals surface area contributed by atoms with Crippen molar-refractivity contribution in [3.05, 3.63) is 32.7 Å². The molecule has 0 unspecified atom stereocenters. The Balaban J connectivity index is 0.000000671. The van der Waals surface area contributed by atoms with Crippen LogP contribution in [0, 0.1) is 0 Å². The summed E-state index contributed by atoms with van der Waals surface area (Å²) in [6.07, 6.45) is 0. The first-order chi connectivity index (χ1) is 6.09. The van der Waals surface area contributed by atoms with Crippen LogP contribution in [0.5, 0.6) is 0 Å². The summed E-state index contributed by atoms with van der Waals surface area (Å²) in [6.45, 7) is 6.02. The van der Waals surface area contributed by atoms with Gasteiger partial charge in [0.25, 0.3) is 0 Å². The molecule has 0 aliphatic rings. The fourth-order valence-electron chi connectivity index (χ4n) is 0.770. The van der Waals surface area contributed by atoms with E-state index < -0.39 is 0 Å². The molecular formula is C10H13Br2P. The van der Waals surface area contributed by atoms with E-state index in [2.05, 4.69) is 52.9 Å². The Kier molecular flexibility index (Phi) is 6.93. The Morgan fingerprint density at radius 1 is 1.08 bits per heavy atom. The molecule has 0 saturated carbocycles.